The molecule has 0 unspecified atom stereocenters. The summed E-state index contributed by atoms with van der Waals surface area (Å²) in [4.78, 5) is 10.8. The van der Waals surface area contributed by atoms with E-state index in [4.69, 9.17) is 23.2 Å². The second-order valence-corrected chi connectivity index (χ2v) is 6.96. The average molecular weight is 372 g/mol. The van der Waals surface area contributed by atoms with Gasteiger partial charge in [-0.05, 0) is 23.8 Å². The molecule has 0 saturated carbocycles. The zero-order valence-corrected chi connectivity index (χ0v) is 14.7. The van der Waals surface area contributed by atoms with Gasteiger partial charge in [0.1, 0.15) is 17.0 Å². The van der Waals surface area contributed by atoms with Crippen LogP contribution >= 0.6 is 34.5 Å². The summed E-state index contributed by atoms with van der Waals surface area (Å²) in [7, 11) is 0. The lowest BCUT2D eigenvalue weighted by atomic mass is 10.2. The molecule has 0 aliphatic carbocycles. The van der Waals surface area contributed by atoms with Gasteiger partial charge in [0.25, 0.3) is 0 Å². The molecule has 0 fully saturated rings. The van der Waals surface area contributed by atoms with Crippen LogP contribution in [0.3, 0.4) is 0 Å². The minimum Gasteiger partial charge on any atom is -0.338 e. The first-order chi connectivity index (χ1) is 11.7. The van der Waals surface area contributed by atoms with Crippen LogP contribution in [0, 0.1) is 0 Å². The van der Waals surface area contributed by atoms with Crippen LogP contribution in [-0.4, -0.2) is 9.97 Å². The van der Waals surface area contributed by atoms with Gasteiger partial charge in [-0.1, -0.05) is 59.6 Å². The zero-order chi connectivity index (χ0) is 16.5. The van der Waals surface area contributed by atoms with Gasteiger partial charge < -0.3 is 5.32 Å². The van der Waals surface area contributed by atoms with E-state index in [0.717, 1.165) is 26.3 Å². The molecule has 4 rings (SSSR count). The Labute approximate surface area is 152 Å². The molecule has 0 bridgehead atoms. The fourth-order valence-electron chi connectivity index (χ4n) is 2.43. The summed E-state index contributed by atoms with van der Waals surface area (Å²) in [6.07, 6.45) is 1.55. The second kappa shape index (κ2) is 6.40. The van der Waals surface area contributed by atoms with Crippen molar-refractivity contribution in [3.05, 3.63) is 71.0 Å². The van der Waals surface area contributed by atoms with Gasteiger partial charge in [-0.25, -0.2) is 9.97 Å². The van der Waals surface area contributed by atoms with E-state index in [-0.39, 0.29) is 0 Å². The van der Waals surface area contributed by atoms with Crippen molar-refractivity contribution in [3.63, 3.8) is 0 Å². The lowest BCUT2D eigenvalue weighted by Crippen LogP contribution is -1.95. The van der Waals surface area contributed by atoms with Gasteiger partial charge in [-0.3, -0.25) is 0 Å². The number of nitrogens with zero attached hydrogens (tertiary/aromatic N) is 2. The van der Waals surface area contributed by atoms with Crippen LogP contribution in [0.2, 0.25) is 10.0 Å². The molecule has 6 heteroatoms. The monoisotopic (exact) mass is 371 g/mol. The Hall–Kier alpha value is -2.14. The van der Waals surface area contributed by atoms with E-state index in [9.17, 15) is 0 Å². The molecule has 0 spiro atoms. The highest BCUT2D eigenvalue weighted by Crippen LogP contribution is 2.37. The van der Waals surface area contributed by atoms with Crippen molar-refractivity contribution >= 4 is 56.3 Å². The van der Waals surface area contributed by atoms with E-state index in [1.807, 2.05) is 30.3 Å². The first-order valence-corrected chi connectivity index (χ1v) is 8.80. The quantitative estimate of drug-likeness (QED) is 0.452. The number of hydrogen-bond acceptors (Lipinski definition) is 4. The Morgan fingerprint density at radius 1 is 0.917 bits per heavy atom. The van der Waals surface area contributed by atoms with E-state index in [0.29, 0.717) is 15.9 Å². The number of fused-ring (bicyclic) bond motifs is 1. The smallest absolute Gasteiger partial charge is 0.142 e. The topological polar surface area (TPSA) is 37.8 Å². The summed E-state index contributed by atoms with van der Waals surface area (Å²) in [5, 5.41) is 5.19. The Balaban J connectivity index is 1.79. The third-order valence-corrected chi connectivity index (χ3v) is 5.50. The van der Waals surface area contributed by atoms with Gasteiger partial charge in [0.15, 0.2) is 0 Å². The standard InChI is InChI=1S/C18H11Cl2N3S/c19-13-7-4-8-14(16(13)20)23-17-12-9-15(11-5-2-1-3-6-11)24-18(12)22-10-21-17/h1-10H,(H,21,22,23). The second-order valence-electron chi connectivity index (χ2n) is 5.14. The number of anilines is 2. The van der Waals surface area contributed by atoms with Crippen molar-refractivity contribution in [2.75, 3.05) is 5.32 Å². The predicted octanol–water partition coefficient (Wildman–Crippen LogP) is 6.41. The van der Waals surface area contributed by atoms with Crippen LogP contribution in [0.5, 0.6) is 0 Å². The van der Waals surface area contributed by atoms with Crippen molar-refractivity contribution in [1.29, 1.82) is 0 Å². The summed E-state index contributed by atoms with van der Waals surface area (Å²) in [5.74, 6) is 0.711. The molecule has 24 heavy (non-hydrogen) atoms. The van der Waals surface area contributed by atoms with Crippen molar-refractivity contribution < 1.29 is 0 Å². The minimum atomic E-state index is 0.476. The summed E-state index contributed by atoms with van der Waals surface area (Å²) >= 11 is 14.0. The molecule has 0 atom stereocenters. The van der Waals surface area contributed by atoms with Crippen LogP contribution in [0.25, 0.3) is 20.7 Å². The van der Waals surface area contributed by atoms with Crippen LogP contribution in [0.4, 0.5) is 11.5 Å². The molecule has 118 valence electrons. The molecular weight excluding hydrogens is 361 g/mol. The van der Waals surface area contributed by atoms with Gasteiger partial charge in [-0.2, -0.15) is 0 Å². The van der Waals surface area contributed by atoms with Crippen LogP contribution in [0.1, 0.15) is 0 Å². The largest absolute Gasteiger partial charge is 0.338 e. The van der Waals surface area contributed by atoms with Crippen molar-refractivity contribution in [2.24, 2.45) is 0 Å². The number of rotatable bonds is 3. The normalized spacial score (nSPS) is 10.9. The molecule has 0 aliphatic heterocycles. The molecule has 2 aromatic heterocycles. The van der Waals surface area contributed by atoms with Gasteiger partial charge in [0.05, 0.1) is 21.1 Å². The Kier molecular flexibility index (Phi) is 4.10. The molecule has 0 saturated heterocycles. The summed E-state index contributed by atoms with van der Waals surface area (Å²) < 4.78 is 0. The van der Waals surface area contributed by atoms with E-state index in [2.05, 4.69) is 33.5 Å². The zero-order valence-electron chi connectivity index (χ0n) is 12.3. The molecule has 3 nitrogen and oxygen atoms in total. The van der Waals surface area contributed by atoms with Crippen molar-refractivity contribution in [3.8, 4) is 10.4 Å². The Bertz CT molecular complexity index is 1020. The van der Waals surface area contributed by atoms with Gasteiger partial charge in [0.2, 0.25) is 0 Å². The first-order valence-electron chi connectivity index (χ1n) is 7.23. The summed E-state index contributed by atoms with van der Waals surface area (Å²) in [6, 6.07) is 17.8. The maximum atomic E-state index is 6.26. The number of thiophene rings is 1. The summed E-state index contributed by atoms with van der Waals surface area (Å²) in [6.45, 7) is 0. The number of nitrogens with one attached hydrogen (secondary N) is 1. The number of benzene rings is 2. The van der Waals surface area contributed by atoms with Crippen LogP contribution in [-0.2, 0) is 0 Å². The van der Waals surface area contributed by atoms with E-state index >= 15 is 0 Å². The maximum absolute atomic E-state index is 6.26. The van der Waals surface area contributed by atoms with Gasteiger partial charge >= 0.3 is 0 Å². The SMILES string of the molecule is Clc1cccc(Nc2ncnc3sc(-c4ccccc4)cc23)c1Cl. The maximum Gasteiger partial charge on any atom is 0.142 e. The lowest BCUT2D eigenvalue weighted by molar-refractivity contribution is 1.23. The fraction of sp³-hybridized carbons (Fsp3) is 0. The van der Waals surface area contributed by atoms with Crippen molar-refractivity contribution in [2.45, 2.75) is 0 Å². The molecular formula is C18H11Cl2N3S. The molecule has 0 amide bonds. The highest BCUT2D eigenvalue weighted by molar-refractivity contribution is 7.21. The first kappa shape index (κ1) is 15.4. The highest BCUT2D eigenvalue weighted by Gasteiger charge is 2.12. The molecule has 0 aliphatic rings. The summed E-state index contributed by atoms with van der Waals surface area (Å²) in [5.41, 5.74) is 1.88. The van der Waals surface area contributed by atoms with Crippen molar-refractivity contribution in [1.82, 2.24) is 9.97 Å². The highest BCUT2D eigenvalue weighted by atomic mass is 35.5. The van der Waals surface area contributed by atoms with E-state index in [1.165, 1.54) is 0 Å². The molecule has 1 N–H and O–H groups in total. The van der Waals surface area contributed by atoms with E-state index in [1.54, 1.807) is 23.7 Å². The van der Waals surface area contributed by atoms with E-state index < -0.39 is 0 Å². The fourth-order valence-corrected chi connectivity index (χ4v) is 3.78. The van der Waals surface area contributed by atoms with Crippen LogP contribution < -0.4 is 5.32 Å². The Morgan fingerprint density at radius 2 is 1.75 bits per heavy atom. The molecule has 2 aromatic carbocycles. The van der Waals surface area contributed by atoms with Gasteiger partial charge in [-0.15, -0.1) is 11.3 Å². The lowest BCUT2D eigenvalue weighted by Gasteiger charge is -2.09. The van der Waals surface area contributed by atoms with Crippen LogP contribution in [0.15, 0.2) is 60.9 Å². The third kappa shape index (κ3) is 2.84. The average Bonchev–Trinajstić information content (AvgIpc) is 3.05. The number of aromatic nitrogens is 2. The number of hydrogen-bond donors (Lipinski definition) is 1. The molecule has 4 aromatic rings. The predicted molar refractivity (Wildman–Crippen MR) is 103 cm³/mol. The third-order valence-electron chi connectivity index (χ3n) is 3.59. The van der Waals surface area contributed by atoms with Gasteiger partial charge in [0, 0.05) is 4.88 Å². The molecule has 0 radical (unpaired) electrons. The number of halogens is 2. The minimum absolute atomic E-state index is 0.476. The Morgan fingerprint density at radius 3 is 2.58 bits per heavy atom. The molecule has 2 heterocycles.